The van der Waals surface area contributed by atoms with E-state index < -0.39 is 0 Å². The van der Waals surface area contributed by atoms with Crippen LogP contribution in [0.4, 0.5) is 0 Å². The molecule has 0 aromatic heterocycles. The first-order valence-electron chi connectivity index (χ1n) is 6.02. The van der Waals surface area contributed by atoms with Crippen LogP contribution in [0.2, 0.25) is 10.0 Å². The number of rotatable bonds is 2. The quantitative estimate of drug-likeness (QED) is 0.893. The predicted molar refractivity (Wildman–Crippen MR) is 73.7 cm³/mol. The second-order valence-corrected chi connectivity index (χ2v) is 5.63. The Kier molecular flexibility index (Phi) is 4.31. The molecule has 0 spiro atoms. The van der Waals surface area contributed by atoms with Crippen LogP contribution in [0, 0.1) is 0 Å². The Hall–Kier alpha value is -0.280. The van der Waals surface area contributed by atoms with Crippen molar-refractivity contribution in [2.24, 2.45) is 5.73 Å². The van der Waals surface area contributed by atoms with Gasteiger partial charge in [0.1, 0.15) is 0 Å². The zero-order valence-corrected chi connectivity index (χ0v) is 11.5. The Morgan fingerprint density at radius 1 is 1.18 bits per heavy atom. The number of nitrogens with zero attached hydrogens (tertiary/aromatic N) is 1. The maximum atomic E-state index is 6.03. The Labute approximate surface area is 113 Å². The van der Waals surface area contributed by atoms with Crippen molar-refractivity contribution >= 4 is 23.2 Å². The Morgan fingerprint density at radius 2 is 1.71 bits per heavy atom. The molecule has 1 saturated heterocycles. The fourth-order valence-electron chi connectivity index (χ4n) is 2.33. The molecular formula is C13H18Cl2N2. The van der Waals surface area contributed by atoms with E-state index >= 15 is 0 Å². The van der Waals surface area contributed by atoms with Crippen LogP contribution >= 0.6 is 23.2 Å². The molecule has 17 heavy (non-hydrogen) atoms. The Bertz CT molecular complexity index is 367. The molecule has 4 heteroatoms. The van der Waals surface area contributed by atoms with Crippen LogP contribution in [0.5, 0.6) is 0 Å². The van der Waals surface area contributed by atoms with Crippen molar-refractivity contribution in [3.63, 3.8) is 0 Å². The summed E-state index contributed by atoms with van der Waals surface area (Å²) in [6.07, 6.45) is 2.14. The van der Waals surface area contributed by atoms with Crippen LogP contribution in [0.25, 0.3) is 0 Å². The molecule has 0 aliphatic carbocycles. The molecule has 1 aromatic carbocycles. The second-order valence-electron chi connectivity index (χ2n) is 4.75. The molecule has 1 aromatic rings. The summed E-state index contributed by atoms with van der Waals surface area (Å²) < 4.78 is 0. The van der Waals surface area contributed by atoms with Gasteiger partial charge in [0, 0.05) is 35.2 Å². The highest BCUT2D eigenvalue weighted by molar-refractivity contribution is 6.34. The second kappa shape index (κ2) is 5.57. The number of piperidine rings is 1. The normalized spacial score (nSPS) is 20.5. The Balaban J connectivity index is 2.10. The van der Waals surface area contributed by atoms with Gasteiger partial charge in [-0.15, -0.1) is 0 Å². The molecule has 0 radical (unpaired) electrons. The third-order valence-corrected chi connectivity index (χ3v) is 3.93. The van der Waals surface area contributed by atoms with Crippen LogP contribution in [-0.2, 0) is 0 Å². The lowest BCUT2D eigenvalue weighted by Gasteiger charge is -2.35. The van der Waals surface area contributed by atoms with Gasteiger partial charge in [0.15, 0.2) is 0 Å². The predicted octanol–water partition coefficient (Wildman–Crippen LogP) is 3.48. The summed E-state index contributed by atoms with van der Waals surface area (Å²) in [5.74, 6) is 0. The number of hydrogen-bond donors (Lipinski definition) is 1. The minimum absolute atomic E-state index is 0.346. The van der Waals surface area contributed by atoms with Crippen molar-refractivity contribution in [1.82, 2.24) is 4.90 Å². The van der Waals surface area contributed by atoms with Crippen molar-refractivity contribution in [2.75, 3.05) is 13.1 Å². The standard InChI is InChI=1S/C13H18Cl2N2/c1-9(17-4-2-13(16)3-5-17)10-6-11(14)8-12(15)7-10/h6-9,13H,2-5,16H2,1H3. The first-order valence-corrected chi connectivity index (χ1v) is 6.77. The van der Waals surface area contributed by atoms with Gasteiger partial charge in [-0.1, -0.05) is 23.2 Å². The molecule has 0 saturated carbocycles. The molecule has 1 aliphatic rings. The van der Waals surface area contributed by atoms with E-state index in [1.807, 2.05) is 12.1 Å². The molecule has 1 aliphatic heterocycles. The summed E-state index contributed by atoms with van der Waals surface area (Å²) in [6.45, 7) is 4.29. The summed E-state index contributed by atoms with van der Waals surface area (Å²) >= 11 is 12.1. The third kappa shape index (κ3) is 3.35. The van der Waals surface area contributed by atoms with Crippen molar-refractivity contribution in [3.05, 3.63) is 33.8 Å². The molecule has 94 valence electrons. The highest BCUT2D eigenvalue weighted by Gasteiger charge is 2.21. The van der Waals surface area contributed by atoms with E-state index in [4.69, 9.17) is 28.9 Å². The van der Waals surface area contributed by atoms with Gasteiger partial charge in [-0.25, -0.2) is 0 Å². The van der Waals surface area contributed by atoms with Crippen LogP contribution < -0.4 is 5.73 Å². The van der Waals surface area contributed by atoms with Crippen LogP contribution in [0.3, 0.4) is 0 Å². The lowest BCUT2D eigenvalue weighted by molar-refractivity contribution is 0.163. The van der Waals surface area contributed by atoms with Crippen molar-refractivity contribution in [2.45, 2.75) is 31.8 Å². The van der Waals surface area contributed by atoms with Crippen LogP contribution in [0.1, 0.15) is 31.4 Å². The zero-order chi connectivity index (χ0) is 12.4. The number of hydrogen-bond acceptors (Lipinski definition) is 2. The van der Waals surface area contributed by atoms with Gasteiger partial charge in [0.05, 0.1) is 0 Å². The molecule has 1 fully saturated rings. The fraction of sp³-hybridized carbons (Fsp3) is 0.538. The largest absolute Gasteiger partial charge is 0.328 e. The van der Waals surface area contributed by atoms with E-state index in [1.165, 1.54) is 5.56 Å². The molecule has 1 unspecified atom stereocenters. The summed E-state index contributed by atoms with van der Waals surface area (Å²) in [7, 11) is 0. The fourth-order valence-corrected chi connectivity index (χ4v) is 2.88. The van der Waals surface area contributed by atoms with Gasteiger partial charge in [-0.2, -0.15) is 0 Å². The highest BCUT2D eigenvalue weighted by atomic mass is 35.5. The van der Waals surface area contributed by atoms with Crippen molar-refractivity contribution in [1.29, 1.82) is 0 Å². The number of nitrogens with two attached hydrogens (primary N) is 1. The van der Waals surface area contributed by atoms with E-state index in [9.17, 15) is 0 Å². The minimum atomic E-state index is 0.346. The van der Waals surface area contributed by atoms with E-state index in [0.717, 1.165) is 25.9 Å². The molecule has 2 nitrogen and oxygen atoms in total. The van der Waals surface area contributed by atoms with Gasteiger partial charge in [0.2, 0.25) is 0 Å². The summed E-state index contributed by atoms with van der Waals surface area (Å²) in [4.78, 5) is 2.44. The topological polar surface area (TPSA) is 29.3 Å². The zero-order valence-electron chi connectivity index (χ0n) is 10.00. The van der Waals surface area contributed by atoms with E-state index in [1.54, 1.807) is 6.07 Å². The van der Waals surface area contributed by atoms with Gasteiger partial charge in [-0.05, 0) is 43.5 Å². The Morgan fingerprint density at radius 3 is 2.24 bits per heavy atom. The first kappa shape index (κ1) is 13.2. The van der Waals surface area contributed by atoms with Crippen molar-refractivity contribution in [3.8, 4) is 0 Å². The van der Waals surface area contributed by atoms with E-state index in [0.29, 0.717) is 22.1 Å². The van der Waals surface area contributed by atoms with Crippen LogP contribution in [-0.4, -0.2) is 24.0 Å². The van der Waals surface area contributed by atoms with Crippen molar-refractivity contribution < 1.29 is 0 Å². The van der Waals surface area contributed by atoms with Gasteiger partial charge in [0.25, 0.3) is 0 Å². The molecule has 1 atom stereocenters. The molecule has 0 amide bonds. The maximum absolute atomic E-state index is 6.03. The SMILES string of the molecule is CC(c1cc(Cl)cc(Cl)c1)N1CCC(N)CC1. The maximum Gasteiger partial charge on any atom is 0.0424 e. The number of halogens is 2. The molecule has 2 rings (SSSR count). The minimum Gasteiger partial charge on any atom is -0.328 e. The molecule has 2 N–H and O–H groups in total. The summed E-state index contributed by atoms with van der Waals surface area (Å²) in [6, 6.07) is 6.46. The first-order chi connectivity index (χ1) is 8.06. The number of benzene rings is 1. The average molecular weight is 273 g/mol. The van der Waals surface area contributed by atoms with E-state index in [-0.39, 0.29) is 0 Å². The van der Waals surface area contributed by atoms with Crippen LogP contribution in [0.15, 0.2) is 18.2 Å². The van der Waals surface area contributed by atoms with E-state index in [2.05, 4.69) is 11.8 Å². The smallest absolute Gasteiger partial charge is 0.0424 e. The van der Waals surface area contributed by atoms with Gasteiger partial charge in [-0.3, -0.25) is 4.90 Å². The summed E-state index contributed by atoms with van der Waals surface area (Å²) in [5, 5.41) is 1.40. The highest BCUT2D eigenvalue weighted by Crippen LogP contribution is 2.28. The lowest BCUT2D eigenvalue weighted by Crippen LogP contribution is -2.40. The molecule has 0 bridgehead atoms. The van der Waals surface area contributed by atoms with Gasteiger partial charge < -0.3 is 5.73 Å². The third-order valence-electron chi connectivity index (χ3n) is 3.49. The monoisotopic (exact) mass is 272 g/mol. The average Bonchev–Trinajstić information content (AvgIpc) is 2.28. The molecule has 1 heterocycles. The van der Waals surface area contributed by atoms with Gasteiger partial charge >= 0.3 is 0 Å². The molecular weight excluding hydrogens is 255 g/mol. The lowest BCUT2D eigenvalue weighted by atomic mass is 10.0. The number of likely N-dealkylation sites (tertiary alicyclic amines) is 1. The summed E-state index contributed by atoms with van der Waals surface area (Å²) in [5.41, 5.74) is 7.09.